The van der Waals surface area contributed by atoms with Gasteiger partial charge in [0.1, 0.15) is 0 Å². The molecule has 0 aromatic heterocycles. The van der Waals surface area contributed by atoms with Crippen LogP contribution in [-0.2, 0) is 14.3 Å². The quantitative estimate of drug-likeness (QED) is 0.0425. The van der Waals surface area contributed by atoms with Crippen LogP contribution in [0.1, 0.15) is 241 Å². The Bertz CT molecular complexity index is 1150. The number of esters is 1. The SMILES string of the molecule is CCCCCCCCCCCCCCCCCC(=O)O.CCCCCCCCCCCCCCCCCC(=O)OC(C(=O)c1ccccc1)c1ccccc1. The summed E-state index contributed by atoms with van der Waals surface area (Å²) in [6.45, 7) is 4.54. The number of Topliss-reactive ketones (excluding diaryl/α,β-unsaturated/α-hetero) is 1. The maximum absolute atomic E-state index is 13.0. The molecule has 1 unspecified atom stereocenters. The molecule has 2 rings (SSSR count). The standard InChI is InChI=1S/C32H46O3.C18H36O2/c1-2-3-4-5-6-7-8-9-10-11-12-13-14-15-22-27-30(33)35-32(29-25-20-17-21-26-29)31(34)28-23-18-16-19-24-28;1-2-3-4-5-6-7-8-9-10-11-12-13-14-15-16-17-18(19)20/h16-21,23-26,32H,2-15,22,27H2,1H3;2-17H2,1H3,(H,19,20). The topological polar surface area (TPSA) is 80.7 Å². The van der Waals surface area contributed by atoms with Gasteiger partial charge in [-0.1, -0.05) is 254 Å². The van der Waals surface area contributed by atoms with Crippen LogP contribution in [0, 0.1) is 0 Å². The molecule has 2 aromatic rings. The van der Waals surface area contributed by atoms with E-state index in [1.165, 1.54) is 161 Å². The fourth-order valence-electron chi connectivity index (χ4n) is 7.13. The fraction of sp³-hybridized carbons (Fsp3) is 0.700. The van der Waals surface area contributed by atoms with Gasteiger partial charge in [-0.2, -0.15) is 0 Å². The third-order valence-corrected chi connectivity index (χ3v) is 10.6. The van der Waals surface area contributed by atoms with Crippen LogP contribution in [0.25, 0.3) is 0 Å². The second-order valence-electron chi connectivity index (χ2n) is 15.8. The highest BCUT2D eigenvalue weighted by Crippen LogP contribution is 2.24. The van der Waals surface area contributed by atoms with Crippen molar-refractivity contribution in [1.82, 2.24) is 0 Å². The van der Waals surface area contributed by atoms with E-state index < -0.39 is 12.1 Å². The minimum atomic E-state index is -0.887. The van der Waals surface area contributed by atoms with Crippen molar-refractivity contribution in [3.05, 3.63) is 71.8 Å². The zero-order valence-corrected chi connectivity index (χ0v) is 35.6. The van der Waals surface area contributed by atoms with Crippen LogP contribution in [0.3, 0.4) is 0 Å². The molecule has 1 N–H and O–H groups in total. The van der Waals surface area contributed by atoms with Gasteiger partial charge in [-0.3, -0.25) is 14.4 Å². The summed E-state index contributed by atoms with van der Waals surface area (Å²) in [5.74, 6) is -1.13. The summed E-state index contributed by atoms with van der Waals surface area (Å²) in [7, 11) is 0. The van der Waals surface area contributed by atoms with Crippen LogP contribution >= 0.6 is 0 Å². The highest BCUT2D eigenvalue weighted by Gasteiger charge is 2.25. The van der Waals surface area contributed by atoms with Crippen molar-refractivity contribution in [1.29, 1.82) is 0 Å². The van der Waals surface area contributed by atoms with Gasteiger partial charge in [0.15, 0.2) is 6.10 Å². The van der Waals surface area contributed by atoms with Crippen LogP contribution < -0.4 is 0 Å². The van der Waals surface area contributed by atoms with Gasteiger partial charge in [-0.15, -0.1) is 0 Å². The van der Waals surface area contributed by atoms with Crippen LogP contribution in [-0.4, -0.2) is 22.8 Å². The molecule has 55 heavy (non-hydrogen) atoms. The molecule has 0 bridgehead atoms. The van der Waals surface area contributed by atoms with Crippen LogP contribution in [0.4, 0.5) is 0 Å². The maximum atomic E-state index is 13.0. The minimum absolute atomic E-state index is 0.179. The molecule has 0 aliphatic carbocycles. The highest BCUT2D eigenvalue weighted by molar-refractivity contribution is 6.00. The van der Waals surface area contributed by atoms with Crippen LogP contribution in [0.2, 0.25) is 0 Å². The molecule has 5 nitrogen and oxygen atoms in total. The molecule has 1 atom stereocenters. The molecule has 0 heterocycles. The highest BCUT2D eigenvalue weighted by atomic mass is 16.5. The number of carboxylic acid groups (broad SMARTS) is 1. The van der Waals surface area contributed by atoms with Gasteiger partial charge in [0.05, 0.1) is 0 Å². The van der Waals surface area contributed by atoms with E-state index in [0.717, 1.165) is 32.1 Å². The van der Waals surface area contributed by atoms with Gasteiger partial charge in [0.2, 0.25) is 5.78 Å². The van der Waals surface area contributed by atoms with E-state index in [4.69, 9.17) is 9.84 Å². The lowest BCUT2D eigenvalue weighted by atomic mass is 10.00. The van der Waals surface area contributed by atoms with Crippen LogP contribution in [0.5, 0.6) is 0 Å². The summed E-state index contributed by atoms with van der Waals surface area (Å²) in [5.41, 5.74) is 1.27. The molecular weight excluding hydrogens is 681 g/mol. The van der Waals surface area contributed by atoms with Gasteiger partial charge < -0.3 is 9.84 Å². The summed E-state index contributed by atoms with van der Waals surface area (Å²) in [6, 6.07) is 18.4. The molecule has 0 amide bonds. The third-order valence-electron chi connectivity index (χ3n) is 10.6. The zero-order valence-electron chi connectivity index (χ0n) is 35.6. The number of carbonyl (C=O) groups is 3. The predicted molar refractivity (Wildman–Crippen MR) is 233 cm³/mol. The normalized spacial score (nSPS) is 11.5. The van der Waals surface area contributed by atoms with E-state index in [9.17, 15) is 14.4 Å². The van der Waals surface area contributed by atoms with Crippen molar-refractivity contribution in [2.24, 2.45) is 0 Å². The second-order valence-corrected chi connectivity index (χ2v) is 15.8. The predicted octanol–water partition coefficient (Wildman–Crippen LogP) is 15.7. The number of ether oxygens (including phenoxy) is 1. The fourth-order valence-corrected chi connectivity index (χ4v) is 7.13. The number of carbonyl (C=O) groups excluding carboxylic acids is 2. The van der Waals surface area contributed by atoms with E-state index >= 15 is 0 Å². The number of hydrogen-bond acceptors (Lipinski definition) is 4. The number of unbranched alkanes of at least 4 members (excludes halogenated alkanes) is 28. The lowest BCUT2D eigenvalue weighted by Crippen LogP contribution is -2.20. The average Bonchev–Trinajstić information content (AvgIpc) is 3.20. The number of aliphatic carboxylic acids is 1. The Balaban J connectivity index is 0.000000644. The molecular formula is C50H82O5. The van der Waals surface area contributed by atoms with Crippen LogP contribution in [0.15, 0.2) is 60.7 Å². The Kier molecular flexibility index (Phi) is 34.5. The first-order chi connectivity index (χ1) is 27.0. The lowest BCUT2D eigenvalue weighted by molar-refractivity contribution is -0.147. The molecule has 5 heteroatoms. The largest absolute Gasteiger partial charge is 0.481 e. The van der Waals surface area contributed by atoms with Gasteiger partial charge in [-0.25, -0.2) is 0 Å². The van der Waals surface area contributed by atoms with E-state index in [1.807, 2.05) is 48.5 Å². The third kappa shape index (κ3) is 30.9. The molecule has 0 aliphatic rings. The molecule has 312 valence electrons. The number of ketones is 1. The molecule has 0 aliphatic heterocycles. The molecule has 2 aromatic carbocycles. The molecule has 0 radical (unpaired) electrons. The molecule has 0 fully saturated rings. The Morgan fingerprint density at radius 1 is 0.436 bits per heavy atom. The van der Waals surface area contributed by atoms with Gasteiger partial charge in [-0.05, 0) is 12.8 Å². The first kappa shape index (κ1) is 50.1. The van der Waals surface area contributed by atoms with Crippen molar-refractivity contribution >= 4 is 17.7 Å². The first-order valence-electron chi connectivity index (χ1n) is 23.0. The second kappa shape index (κ2) is 37.9. The molecule has 0 spiro atoms. The summed E-state index contributed by atoms with van der Waals surface area (Å²) in [4.78, 5) is 35.9. The van der Waals surface area contributed by atoms with E-state index in [0.29, 0.717) is 24.0 Å². The van der Waals surface area contributed by atoms with Gasteiger partial charge in [0, 0.05) is 24.0 Å². The average molecular weight is 763 g/mol. The lowest BCUT2D eigenvalue weighted by Gasteiger charge is -2.17. The number of rotatable bonds is 36. The van der Waals surface area contributed by atoms with E-state index in [2.05, 4.69) is 13.8 Å². The van der Waals surface area contributed by atoms with Crippen molar-refractivity contribution < 1.29 is 24.2 Å². The number of benzene rings is 2. The van der Waals surface area contributed by atoms with E-state index in [1.54, 1.807) is 12.1 Å². The summed E-state index contributed by atoms with van der Waals surface area (Å²) < 4.78 is 5.68. The van der Waals surface area contributed by atoms with Crippen molar-refractivity contribution in [3.63, 3.8) is 0 Å². The minimum Gasteiger partial charge on any atom is -0.481 e. The van der Waals surface area contributed by atoms with Gasteiger partial charge >= 0.3 is 11.9 Å². The maximum Gasteiger partial charge on any atom is 0.306 e. The molecule has 0 saturated carbocycles. The first-order valence-corrected chi connectivity index (χ1v) is 23.0. The Hall–Kier alpha value is -2.95. The molecule has 0 saturated heterocycles. The van der Waals surface area contributed by atoms with Crippen molar-refractivity contribution in [3.8, 4) is 0 Å². The Labute approximate surface area is 338 Å². The summed E-state index contributed by atoms with van der Waals surface area (Å²) >= 11 is 0. The number of hydrogen-bond donors (Lipinski definition) is 1. The smallest absolute Gasteiger partial charge is 0.306 e. The number of carboxylic acids is 1. The van der Waals surface area contributed by atoms with Crippen molar-refractivity contribution in [2.75, 3.05) is 0 Å². The monoisotopic (exact) mass is 763 g/mol. The Morgan fingerprint density at radius 2 is 0.745 bits per heavy atom. The van der Waals surface area contributed by atoms with E-state index in [-0.39, 0.29) is 11.8 Å². The zero-order chi connectivity index (χ0) is 39.9. The Morgan fingerprint density at radius 3 is 1.09 bits per heavy atom. The van der Waals surface area contributed by atoms with Crippen molar-refractivity contribution in [2.45, 2.75) is 225 Å². The summed E-state index contributed by atoms with van der Waals surface area (Å²) in [5, 5.41) is 8.52. The summed E-state index contributed by atoms with van der Waals surface area (Å²) in [6.07, 6.45) is 39.1. The van der Waals surface area contributed by atoms with Gasteiger partial charge in [0.25, 0.3) is 0 Å².